The molecule has 284 valence electrons. The van der Waals surface area contributed by atoms with E-state index in [1.807, 2.05) is 0 Å². The fraction of sp³-hybridized carbons (Fsp3) is 0.636. The fourth-order valence-corrected chi connectivity index (χ4v) is 4.98. The molecule has 0 spiro atoms. The summed E-state index contributed by atoms with van der Waals surface area (Å²) in [5.74, 6) is -2.42. The van der Waals surface area contributed by atoms with Crippen molar-refractivity contribution in [1.29, 1.82) is 0 Å². The van der Waals surface area contributed by atoms with Crippen LogP contribution in [0.15, 0.2) is 36.5 Å². The number of likely N-dealkylation sites (tertiary alicyclic amines) is 3. The van der Waals surface area contributed by atoms with Crippen LogP contribution < -0.4 is 0 Å². The van der Waals surface area contributed by atoms with Crippen molar-refractivity contribution in [2.75, 3.05) is 92.3 Å². The molecule has 3 unspecified atom stereocenters. The van der Waals surface area contributed by atoms with Gasteiger partial charge in [-0.05, 0) is 0 Å². The second-order valence-electron chi connectivity index (χ2n) is 12.1. The minimum absolute atomic E-state index is 0.00271. The van der Waals surface area contributed by atoms with E-state index >= 15 is 0 Å². The van der Waals surface area contributed by atoms with Crippen LogP contribution in [0.3, 0.4) is 0 Å². The number of ether oxygens (including phenoxy) is 6. The topological polar surface area (TPSA) is 228 Å². The summed E-state index contributed by atoms with van der Waals surface area (Å²) in [7, 11) is 0. The monoisotopic (exact) mass is 725 g/mol. The van der Waals surface area contributed by atoms with Gasteiger partial charge in [-0.15, -0.1) is 0 Å². The Morgan fingerprint density at radius 2 is 0.765 bits per heavy atom. The number of aliphatic hydroxyl groups is 3. The lowest BCUT2D eigenvalue weighted by Gasteiger charge is -2.22. The van der Waals surface area contributed by atoms with Gasteiger partial charge in [0.2, 0.25) is 17.7 Å². The van der Waals surface area contributed by atoms with Crippen molar-refractivity contribution in [3.05, 3.63) is 36.5 Å². The maximum atomic E-state index is 11.9. The summed E-state index contributed by atoms with van der Waals surface area (Å²) in [4.78, 5) is 74.3. The first-order valence-electron chi connectivity index (χ1n) is 16.4. The van der Waals surface area contributed by atoms with Gasteiger partial charge in [0.1, 0.15) is 24.4 Å². The highest BCUT2D eigenvalue weighted by atomic mass is 16.6. The largest absolute Gasteiger partial charge is 0.388 e. The van der Waals surface area contributed by atoms with Gasteiger partial charge in [-0.25, -0.2) is 0 Å². The third-order valence-corrected chi connectivity index (χ3v) is 7.70. The summed E-state index contributed by atoms with van der Waals surface area (Å²) in [6.45, 7) is 9.54. The highest BCUT2D eigenvalue weighted by molar-refractivity contribution is 6.14. The molecule has 18 nitrogen and oxygen atoms in total. The van der Waals surface area contributed by atoms with Crippen LogP contribution in [-0.2, 0) is 57.2 Å². The van der Waals surface area contributed by atoms with Crippen molar-refractivity contribution in [1.82, 2.24) is 14.7 Å². The van der Waals surface area contributed by atoms with E-state index in [0.29, 0.717) is 0 Å². The third kappa shape index (κ3) is 13.4. The Morgan fingerprint density at radius 3 is 1.06 bits per heavy atom. The Balaban J connectivity index is 1.35. The summed E-state index contributed by atoms with van der Waals surface area (Å²) in [6, 6.07) is 0. The normalized spacial score (nSPS) is 19.4. The van der Waals surface area contributed by atoms with E-state index in [4.69, 9.17) is 28.4 Å². The molecule has 0 aliphatic carbocycles. The first kappa shape index (κ1) is 41.7. The maximum Gasteiger partial charge on any atom is 0.256 e. The molecule has 3 saturated heterocycles. The Kier molecular flexibility index (Phi) is 17.1. The summed E-state index contributed by atoms with van der Waals surface area (Å²) < 4.78 is 33.0. The van der Waals surface area contributed by atoms with Crippen molar-refractivity contribution >= 4 is 35.4 Å². The van der Waals surface area contributed by atoms with Crippen molar-refractivity contribution in [3.8, 4) is 0 Å². The molecular weight excluding hydrogens is 678 g/mol. The van der Waals surface area contributed by atoms with Gasteiger partial charge < -0.3 is 43.7 Å². The van der Waals surface area contributed by atoms with Gasteiger partial charge in [0.05, 0.1) is 112 Å². The lowest BCUT2D eigenvalue weighted by molar-refractivity contribution is -0.140. The maximum absolute atomic E-state index is 11.9. The van der Waals surface area contributed by atoms with Crippen LogP contribution in [0, 0.1) is 0 Å². The average molecular weight is 726 g/mol. The molecule has 51 heavy (non-hydrogen) atoms. The molecular formula is C33H47N3O15. The first-order chi connectivity index (χ1) is 24.3. The number of amides is 6. The van der Waals surface area contributed by atoms with Gasteiger partial charge in [-0.3, -0.25) is 43.5 Å². The number of hydrogen-bond donors (Lipinski definition) is 3. The zero-order valence-corrected chi connectivity index (χ0v) is 28.5. The molecule has 3 aliphatic heterocycles. The van der Waals surface area contributed by atoms with Crippen LogP contribution in [0.4, 0.5) is 0 Å². The molecule has 3 rings (SSSR count). The number of rotatable bonds is 26. The standard InChI is InChI=1S/C33H47N3O15/c1-21-10-28(40)34(31(21)43)4-7-46-13-24(37)16-49-19-27(51-18-26(39)15-48-9-6-36-30(42)12-23(3)33(36)45)20-50-17-25(38)14-47-8-5-35-29(41)11-22(2)32(35)44/h24-27,37-39H,1-20H2. The lowest BCUT2D eigenvalue weighted by atomic mass is 10.3. The smallest absolute Gasteiger partial charge is 0.256 e. The SMILES string of the molecule is C=C1CC(=O)N(CCOCC(O)COCC(COCC(O)COCCN2C(=O)CC(=C)C2=O)OCC(O)COCCN2C(=O)CC(=C)C2=O)C1=O. The summed E-state index contributed by atoms with van der Waals surface area (Å²) >= 11 is 0. The molecule has 3 heterocycles. The third-order valence-electron chi connectivity index (χ3n) is 7.70. The van der Waals surface area contributed by atoms with E-state index in [1.165, 1.54) is 0 Å². The molecule has 3 atom stereocenters. The zero-order chi connectivity index (χ0) is 37.5. The molecule has 0 aromatic rings. The number of hydrogen-bond acceptors (Lipinski definition) is 15. The molecule has 3 N–H and O–H groups in total. The summed E-state index contributed by atoms with van der Waals surface area (Å²) in [5, 5.41) is 30.8. The molecule has 6 amide bonds. The molecule has 0 aromatic heterocycles. The van der Waals surface area contributed by atoms with E-state index in [2.05, 4.69) is 19.7 Å². The minimum atomic E-state index is -1.09. The Bertz CT molecular complexity index is 1250. The second-order valence-corrected chi connectivity index (χ2v) is 12.1. The Labute approximate surface area is 295 Å². The van der Waals surface area contributed by atoms with E-state index in [9.17, 15) is 44.1 Å². The van der Waals surface area contributed by atoms with E-state index in [0.717, 1.165) is 14.7 Å². The zero-order valence-electron chi connectivity index (χ0n) is 28.5. The highest BCUT2D eigenvalue weighted by Gasteiger charge is 2.33. The number of imide groups is 3. The summed E-state index contributed by atoms with van der Waals surface area (Å²) in [5.41, 5.74) is 0.646. The number of carbonyl (C=O) groups excluding carboxylic acids is 6. The quantitative estimate of drug-likeness (QED) is 0.0475. The molecule has 3 fully saturated rings. The van der Waals surface area contributed by atoms with Gasteiger partial charge >= 0.3 is 0 Å². The highest BCUT2D eigenvalue weighted by Crippen LogP contribution is 2.18. The van der Waals surface area contributed by atoms with Crippen LogP contribution in [0.1, 0.15) is 19.3 Å². The number of nitrogens with zero attached hydrogens (tertiary/aromatic N) is 3. The van der Waals surface area contributed by atoms with E-state index in [-0.39, 0.29) is 146 Å². The van der Waals surface area contributed by atoms with E-state index < -0.39 is 42.1 Å². The van der Waals surface area contributed by atoms with Gasteiger partial charge in [-0.2, -0.15) is 0 Å². The van der Waals surface area contributed by atoms with Crippen LogP contribution in [-0.4, -0.2) is 182 Å². The van der Waals surface area contributed by atoms with Crippen molar-refractivity contribution in [3.63, 3.8) is 0 Å². The predicted molar refractivity (Wildman–Crippen MR) is 173 cm³/mol. The van der Waals surface area contributed by atoms with Gasteiger partial charge in [0, 0.05) is 16.7 Å². The molecule has 0 aromatic carbocycles. The number of carbonyl (C=O) groups is 6. The molecule has 18 heteroatoms. The molecule has 0 saturated carbocycles. The minimum Gasteiger partial charge on any atom is -0.388 e. The molecule has 0 bridgehead atoms. The molecule has 3 aliphatic rings. The van der Waals surface area contributed by atoms with E-state index in [1.54, 1.807) is 0 Å². The van der Waals surface area contributed by atoms with Crippen LogP contribution in [0.2, 0.25) is 0 Å². The average Bonchev–Trinajstić information content (AvgIpc) is 3.58. The molecule has 0 radical (unpaired) electrons. The second kappa shape index (κ2) is 21.0. The van der Waals surface area contributed by atoms with Crippen molar-refractivity contribution < 1.29 is 72.5 Å². The van der Waals surface area contributed by atoms with Crippen molar-refractivity contribution in [2.45, 2.75) is 43.7 Å². The lowest BCUT2D eigenvalue weighted by Crippen LogP contribution is -2.36. The van der Waals surface area contributed by atoms with Crippen molar-refractivity contribution in [2.24, 2.45) is 0 Å². The van der Waals surface area contributed by atoms with Gasteiger partial charge in [-0.1, -0.05) is 19.7 Å². The number of aliphatic hydroxyl groups excluding tert-OH is 3. The van der Waals surface area contributed by atoms with Crippen LogP contribution in [0.25, 0.3) is 0 Å². The predicted octanol–water partition coefficient (Wildman–Crippen LogP) is -2.52. The van der Waals surface area contributed by atoms with Gasteiger partial charge in [0.15, 0.2) is 0 Å². The summed E-state index contributed by atoms with van der Waals surface area (Å²) in [6.07, 6.45) is -4.06. The van der Waals surface area contributed by atoms with Crippen LogP contribution >= 0.6 is 0 Å². The fourth-order valence-electron chi connectivity index (χ4n) is 4.98. The van der Waals surface area contributed by atoms with Gasteiger partial charge in [0.25, 0.3) is 17.7 Å². The van der Waals surface area contributed by atoms with Crippen LogP contribution in [0.5, 0.6) is 0 Å². The Morgan fingerprint density at radius 1 is 0.471 bits per heavy atom. The Hall–Kier alpha value is -3.72. The first-order valence-corrected chi connectivity index (χ1v) is 16.4.